The largest absolute Gasteiger partial charge is 0.573 e. The van der Waals surface area contributed by atoms with Gasteiger partial charge < -0.3 is 14.2 Å². The van der Waals surface area contributed by atoms with E-state index in [4.69, 9.17) is 9.47 Å². The van der Waals surface area contributed by atoms with Crippen molar-refractivity contribution in [1.82, 2.24) is 0 Å². The van der Waals surface area contributed by atoms with Crippen LogP contribution in [0.2, 0.25) is 0 Å². The highest BCUT2D eigenvalue weighted by molar-refractivity contribution is 7.39. The fourth-order valence-electron chi connectivity index (χ4n) is 3.69. The smallest absolute Gasteiger partial charge is 0.481 e. The van der Waals surface area contributed by atoms with Crippen LogP contribution in [0.3, 0.4) is 0 Å². The van der Waals surface area contributed by atoms with Gasteiger partial charge in [0.1, 0.15) is 11.5 Å². The molecule has 0 saturated heterocycles. The third-order valence-corrected chi connectivity index (χ3v) is 7.43. The van der Waals surface area contributed by atoms with Crippen LogP contribution in [0.4, 0.5) is 13.2 Å². The quantitative estimate of drug-likeness (QED) is 0.195. The second kappa shape index (κ2) is 10.7. The molecule has 4 nitrogen and oxygen atoms in total. The third-order valence-electron chi connectivity index (χ3n) is 5.17. The number of hydrogen-bond donors (Lipinski definition) is 0. The molecular weight excluding hydrogens is 489 g/mol. The van der Waals surface area contributed by atoms with E-state index in [0.717, 1.165) is 11.1 Å². The van der Waals surface area contributed by atoms with Gasteiger partial charge in [-0.15, -0.1) is 13.2 Å². The number of thiophene rings is 1. The van der Waals surface area contributed by atoms with Crippen molar-refractivity contribution < 1.29 is 32.2 Å². The summed E-state index contributed by atoms with van der Waals surface area (Å²) in [5, 5.41) is 0. The van der Waals surface area contributed by atoms with Gasteiger partial charge in [-0.05, 0) is 75.2 Å². The van der Waals surface area contributed by atoms with Gasteiger partial charge in [-0.3, -0.25) is 0 Å². The molecule has 0 saturated carbocycles. The Hall–Kier alpha value is -3.44. The lowest BCUT2D eigenvalue weighted by atomic mass is 10.1. The molecule has 2 aromatic carbocycles. The van der Waals surface area contributed by atoms with Gasteiger partial charge in [0.05, 0.1) is 0 Å². The van der Waals surface area contributed by atoms with E-state index in [9.17, 15) is 18.0 Å². The van der Waals surface area contributed by atoms with Crippen molar-refractivity contribution in [3.63, 3.8) is 0 Å². The molecule has 190 valence electrons. The molecule has 0 atom stereocenters. The summed E-state index contributed by atoms with van der Waals surface area (Å²) in [5.41, 5.74) is 1.20. The first kappa shape index (κ1) is 27.2. The molecule has 0 radical (unpaired) electrons. The van der Waals surface area contributed by atoms with Gasteiger partial charge in [-0.25, -0.2) is 4.79 Å². The number of alkyl halides is 3. The molecule has 0 spiro atoms. The number of hydrogen-bond acceptors (Lipinski definition) is 4. The molecule has 0 unspecified atom stereocenters. The van der Waals surface area contributed by atoms with E-state index >= 15 is 0 Å². The van der Waals surface area contributed by atoms with Gasteiger partial charge in [0.25, 0.3) is 0 Å². The Kier molecular flexibility index (Phi) is 8.05. The van der Waals surface area contributed by atoms with E-state index in [1.165, 1.54) is 38.9 Å². The summed E-state index contributed by atoms with van der Waals surface area (Å²) >= 11 is 0. The molecule has 3 aromatic rings. The Labute approximate surface area is 212 Å². The minimum atomic E-state index is -4.76. The number of aryl methyl sites for hydroxylation is 4. The topological polar surface area (TPSA) is 44.8 Å². The van der Waals surface area contributed by atoms with Gasteiger partial charge in [0, 0.05) is 42.0 Å². The highest BCUT2D eigenvalue weighted by Gasteiger charge is 2.31. The lowest BCUT2D eigenvalue weighted by molar-refractivity contribution is -0.274. The standard InChI is InChI=1S/C28H28F3O4S/c1-18-15-24(36-20(3)7-8-21(36)4)16-19(2)26(18)33-17-25(32)35-27(5,6)14-13-22-9-11-23(12-10-22)34-28(29,30)31/h7-12,15-16H,17H2,1-6H3/q+1. The number of carbonyl (C=O) groups is 1. The van der Waals surface area contributed by atoms with Crippen LogP contribution in [-0.2, 0) is 9.53 Å². The number of rotatable bonds is 6. The van der Waals surface area contributed by atoms with Crippen molar-refractivity contribution in [2.75, 3.05) is 6.61 Å². The maximum absolute atomic E-state index is 12.5. The van der Waals surface area contributed by atoms with E-state index in [2.05, 4.69) is 54.7 Å². The van der Waals surface area contributed by atoms with E-state index < -0.39 is 17.9 Å². The molecule has 1 aromatic heterocycles. The van der Waals surface area contributed by atoms with Crippen LogP contribution in [0.15, 0.2) is 48.5 Å². The number of benzene rings is 2. The van der Waals surface area contributed by atoms with E-state index in [1.54, 1.807) is 13.8 Å². The van der Waals surface area contributed by atoms with Gasteiger partial charge in [-0.2, -0.15) is 0 Å². The number of ether oxygens (including phenoxy) is 3. The predicted octanol–water partition coefficient (Wildman–Crippen LogP) is 7.31. The first-order valence-electron chi connectivity index (χ1n) is 11.2. The lowest BCUT2D eigenvalue weighted by Crippen LogP contribution is -2.29. The second-order valence-corrected chi connectivity index (χ2v) is 11.2. The summed E-state index contributed by atoms with van der Waals surface area (Å²) in [5.74, 6) is 5.35. The maximum Gasteiger partial charge on any atom is 0.573 e. The summed E-state index contributed by atoms with van der Waals surface area (Å²) in [4.78, 5) is 16.3. The average molecular weight is 518 g/mol. The summed E-state index contributed by atoms with van der Waals surface area (Å²) in [6.07, 6.45) is -4.76. The van der Waals surface area contributed by atoms with Crippen LogP contribution >= 0.6 is 10.5 Å². The SMILES string of the molecule is Cc1cc(-[s+]2c(C)ccc2C)cc(C)c1OCC(=O)OC(C)(C)C#Cc1ccc(OC(F)(F)F)cc1. The third kappa shape index (κ3) is 7.28. The number of esters is 1. The molecule has 0 aliphatic heterocycles. The molecular formula is C28H28F3O4S+. The van der Waals surface area contributed by atoms with Crippen molar-refractivity contribution in [3.8, 4) is 28.2 Å². The molecule has 0 aliphatic carbocycles. The highest BCUT2D eigenvalue weighted by Crippen LogP contribution is 2.41. The molecule has 0 aliphatic rings. The molecule has 0 fully saturated rings. The first-order chi connectivity index (χ1) is 16.7. The summed E-state index contributed by atoms with van der Waals surface area (Å²) in [6.45, 7) is 11.1. The summed E-state index contributed by atoms with van der Waals surface area (Å²) in [6, 6.07) is 13.6. The number of carbonyl (C=O) groups excluding carboxylic acids is 1. The minimum Gasteiger partial charge on any atom is -0.481 e. The van der Waals surface area contributed by atoms with Gasteiger partial charge in [0.15, 0.2) is 26.9 Å². The fourth-order valence-corrected chi connectivity index (χ4v) is 5.93. The van der Waals surface area contributed by atoms with Gasteiger partial charge in [0.2, 0.25) is 0 Å². The van der Waals surface area contributed by atoms with Crippen molar-refractivity contribution in [2.45, 2.75) is 53.5 Å². The zero-order chi connectivity index (χ0) is 26.7. The number of halogens is 3. The molecule has 3 rings (SSSR count). The van der Waals surface area contributed by atoms with Crippen LogP contribution in [0.5, 0.6) is 11.5 Å². The van der Waals surface area contributed by atoms with Crippen molar-refractivity contribution >= 4 is 16.4 Å². The monoisotopic (exact) mass is 517 g/mol. The Morgan fingerprint density at radius 1 is 0.917 bits per heavy atom. The molecule has 1 heterocycles. The molecule has 0 N–H and O–H groups in total. The average Bonchev–Trinajstić information content (AvgIpc) is 3.09. The van der Waals surface area contributed by atoms with Crippen LogP contribution in [0.1, 0.15) is 40.3 Å². The Balaban J connectivity index is 1.62. The van der Waals surface area contributed by atoms with Gasteiger partial charge in [-0.1, -0.05) is 11.8 Å². The van der Waals surface area contributed by atoms with Crippen molar-refractivity contribution in [1.29, 1.82) is 0 Å². The van der Waals surface area contributed by atoms with E-state index in [-0.39, 0.29) is 22.8 Å². The van der Waals surface area contributed by atoms with Gasteiger partial charge >= 0.3 is 12.3 Å². The fraction of sp³-hybridized carbons (Fsp3) is 0.321. The molecule has 0 amide bonds. The van der Waals surface area contributed by atoms with Crippen molar-refractivity contribution in [3.05, 3.63) is 75.0 Å². The zero-order valence-electron chi connectivity index (χ0n) is 21.0. The second-order valence-electron chi connectivity index (χ2n) is 8.84. The normalized spacial score (nSPS) is 11.5. The summed E-state index contributed by atoms with van der Waals surface area (Å²) < 4.78 is 51.9. The molecule has 8 heteroatoms. The minimum absolute atomic E-state index is 0.0566. The Bertz CT molecular complexity index is 1270. The zero-order valence-corrected chi connectivity index (χ0v) is 21.8. The van der Waals surface area contributed by atoms with E-state index in [1.807, 2.05) is 13.8 Å². The van der Waals surface area contributed by atoms with Crippen LogP contribution < -0.4 is 9.47 Å². The Morgan fingerprint density at radius 2 is 1.47 bits per heavy atom. The van der Waals surface area contributed by atoms with E-state index in [0.29, 0.717) is 11.3 Å². The first-order valence-corrected chi connectivity index (χ1v) is 12.4. The van der Waals surface area contributed by atoms with Crippen LogP contribution in [0, 0.1) is 39.5 Å². The predicted molar refractivity (Wildman–Crippen MR) is 135 cm³/mol. The molecule has 0 bridgehead atoms. The van der Waals surface area contributed by atoms with Crippen LogP contribution in [-0.4, -0.2) is 24.5 Å². The Morgan fingerprint density at radius 3 is 2.00 bits per heavy atom. The summed E-state index contributed by atoms with van der Waals surface area (Å²) in [7, 11) is -0.0566. The van der Waals surface area contributed by atoms with Crippen molar-refractivity contribution in [2.24, 2.45) is 0 Å². The highest BCUT2D eigenvalue weighted by atomic mass is 32.2. The van der Waals surface area contributed by atoms with Crippen LogP contribution in [0.25, 0.3) is 4.90 Å². The lowest BCUT2D eigenvalue weighted by Gasteiger charge is -2.19. The molecule has 36 heavy (non-hydrogen) atoms. The maximum atomic E-state index is 12.5.